The molecule has 0 aromatic carbocycles. The van der Waals surface area contributed by atoms with Crippen molar-refractivity contribution in [1.29, 1.82) is 0 Å². The number of hydrogen-bond acceptors (Lipinski definition) is 4. The van der Waals surface area contributed by atoms with Gasteiger partial charge in [0.15, 0.2) is 0 Å². The highest BCUT2D eigenvalue weighted by Gasteiger charge is 2.04. The second-order valence-electron chi connectivity index (χ2n) is 3.99. The van der Waals surface area contributed by atoms with E-state index in [-0.39, 0.29) is 11.7 Å². The van der Waals surface area contributed by atoms with Crippen LogP contribution in [0.2, 0.25) is 0 Å². The van der Waals surface area contributed by atoms with Crippen LogP contribution in [0.3, 0.4) is 0 Å². The van der Waals surface area contributed by atoms with Crippen LogP contribution in [0.5, 0.6) is 0 Å². The van der Waals surface area contributed by atoms with Crippen LogP contribution in [0.15, 0.2) is 0 Å². The van der Waals surface area contributed by atoms with Crippen molar-refractivity contribution in [1.82, 2.24) is 0 Å². The molecule has 0 aromatic rings. The second kappa shape index (κ2) is 9.78. The Morgan fingerprint density at radius 3 is 2.69 bits per heavy atom. The fourth-order valence-corrected chi connectivity index (χ4v) is 1.58. The van der Waals surface area contributed by atoms with Gasteiger partial charge in [-0.25, -0.2) is 0 Å². The smallest absolute Gasteiger partial charge is 0.305 e. The standard InChI is InChI=1S/C11H22O4S/c1-3-10(2)7-8-15-11(12)6-4-5-9-16(13)14/h10H,3-9H2,1-2H3,(H,13,14)/p-1. The maximum atomic E-state index is 11.2. The third-order valence-electron chi connectivity index (χ3n) is 2.51. The van der Waals surface area contributed by atoms with Gasteiger partial charge in [-0.1, -0.05) is 31.3 Å². The summed E-state index contributed by atoms with van der Waals surface area (Å²) in [5, 5.41) is 0. The zero-order chi connectivity index (χ0) is 12.4. The van der Waals surface area contributed by atoms with Crippen LogP contribution < -0.4 is 0 Å². The molecule has 16 heavy (non-hydrogen) atoms. The van der Waals surface area contributed by atoms with Gasteiger partial charge in [0.2, 0.25) is 0 Å². The van der Waals surface area contributed by atoms with E-state index in [0.29, 0.717) is 31.8 Å². The Hall–Kier alpha value is -0.420. The molecule has 0 N–H and O–H groups in total. The number of esters is 1. The Morgan fingerprint density at radius 2 is 2.12 bits per heavy atom. The van der Waals surface area contributed by atoms with E-state index in [1.165, 1.54) is 0 Å². The first-order valence-corrected chi connectivity index (χ1v) is 7.02. The van der Waals surface area contributed by atoms with Gasteiger partial charge >= 0.3 is 5.97 Å². The highest BCUT2D eigenvalue weighted by atomic mass is 32.2. The average molecular weight is 249 g/mol. The molecule has 0 saturated heterocycles. The van der Waals surface area contributed by atoms with Crippen LogP contribution in [-0.2, 0) is 20.6 Å². The fourth-order valence-electron chi connectivity index (χ4n) is 1.14. The van der Waals surface area contributed by atoms with Crippen LogP contribution in [0.4, 0.5) is 0 Å². The fraction of sp³-hybridized carbons (Fsp3) is 0.909. The normalized spacial score (nSPS) is 14.4. The van der Waals surface area contributed by atoms with Crippen LogP contribution in [0, 0.1) is 5.92 Å². The SMILES string of the molecule is CCC(C)CCOC(=O)CCCCS(=O)[O-]. The molecule has 0 aliphatic rings. The minimum Gasteiger partial charge on any atom is -0.772 e. The summed E-state index contributed by atoms with van der Waals surface area (Å²) in [6.45, 7) is 4.70. The van der Waals surface area contributed by atoms with Crippen molar-refractivity contribution in [2.24, 2.45) is 5.92 Å². The van der Waals surface area contributed by atoms with Crippen molar-refractivity contribution in [3.63, 3.8) is 0 Å². The first kappa shape index (κ1) is 15.6. The Morgan fingerprint density at radius 1 is 1.44 bits per heavy atom. The lowest BCUT2D eigenvalue weighted by Gasteiger charge is -2.09. The van der Waals surface area contributed by atoms with Crippen molar-refractivity contribution < 1.29 is 18.3 Å². The minimum atomic E-state index is -2.00. The molecule has 0 radical (unpaired) electrons. The van der Waals surface area contributed by atoms with Gasteiger partial charge in [-0.05, 0) is 25.2 Å². The number of carbonyl (C=O) groups is 1. The number of rotatable bonds is 9. The molecule has 0 fully saturated rings. The van der Waals surface area contributed by atoms with Crippen LogP contribution in [-0.4, -0.2) is 27.1 Å². The summed E-state index contributed by atoms with van der Waals surface area (Å²) in [7, 11) is 0. The van der Waals surface area contributed by atoms with E-state index in [4.69, 9.17) is 4.74 Å². The molecule has 0 aliphatic carbocycles. The van der Waals surface area contributed by atoms with Crippen molar-refractivity contribution in [2.45, 2.75) is 46.0 Å². The van der Waals surface area contributed by atoms with Gasteiger partial charge in [0.05, 0.1) is 6.61 Å². The largest absolute Gasteiger partial charge is 0.772 e. The lowest BCUT2D eigenvalue weighted by atomic mass is 10.1. The van der Waals surface area contributed by atoms with Gasteiger partial charge in [-0.15, -0.1) is 0 Å². The highest BCUT2D eigenvalue weighted by Crippen LogP contribution is 2.07. The molecule has 0 bridgehead atoms. The van der Waals surface area contributed by atoms with Crippen LogP contribution >= 0.6 is 0 Å². The molecule has 2 unspecified atom stereocenters. The molecule has 0 rings (SSSR count). The van der Waals surface area contributed by atoms with Gasteiger partial charge in [-0.3, -0.25) is 9.00 Å². The van der Waals surface area contributed by atoms with Crippen molar-refractivity contribution in [3.05, 3.63) is 0 Å². The molecule has 0 aliphatic heterocycles. The Kier molecular flexibility index (Phi) is 9.52. The van der Waals surface area contributed by atoms with Crippen molar-refractivity contribution >= 4 is 17.0 Å². The van der Waals surface area contributed by atoms with Gasteiger partial charge in [-0.2, -0.15) is 0 Å². The molecule has 0 saturated carbocycles. The quantitative estimate of drug-likeness (QED) is 0.356. The molecule has 0 spiro atoms. The van der Waals surface area contributed by atoms with Gasteiger partial charge < -0.3 is 9.29 Å². The molecule has 2 atom stereocenters. The predicted molar refractivity (Wildman–Crippen MR) is 62.7 cm³/mol. The topological polar surface area (TPSA) is 66.4 Å². The molecular weight excluding hydrogens is 228 g/mol. The van der Waals surface area contributed by atoms with E-state index in [2.05, 4.69) is 13.8 Å². The van der Waals surface area contributed by atoms with Crippen molar-refractivity contribution in [3.8, 4) is 0 Å². The number of hydrogen-bond donors (Lipinski definition) is 0. The first-order valence-electron chi connectivity index (χ1n) is 5.77. The maximum Gasteiger partial charge on any atom is 0.305 e. The van der Waals surface area contributed by atoms with Crippen LogP contribution in [0.25, 0.3) is 0 Å². The molecule has 0 aromatic heterocycles. The van der Waals surface area contributed by atoms with E-state index in [0.717, 1.165) is 12.8 Å². The zero-order valence-corrected chi connectivity index (χ0v) is 10.9. The van der Waals surface area contributed by atoms with E-state index >= 15 is 0 Å². The van der Waals surface area contributed by atoms with Gasteiger partial charge in [0.1, 0.15) is 0 Å². The van der Waals surface area contributed by atoms with Crippen LogP contribution in [0.1, 0.15) is 46.0 Å². The summed E-state index contributed by atoms with van der Waals surface area (Å²) in [5.74, 6) is 0.482. The molecular formula is C11H21O4S-. The van der Waals surface area contributed by atoms with Crippen molar-refractivity contribution in [2.75, 3.05) is 12.4 Å². The lowest BCUT2D eigenvalue weighted by molar-refractivity contribution is -0.144. The van der Waals surface area contributed by atoms with Gasteiger partial charge in [0, 0.05) is 12.2 Å². The highest BCUT2D eigenvalue weighted by molar-refractivity contribution is 7.79. The van der Waals surface area contributed by atoms with E-state index < -0.39 is 11.1 Å². The summed E-state index contributed by atoms with van der Waals surface area (Å²) < 4.78 is 25.4. The molecule has 0 amide bonds. The Bertz CT molecular complexity index is 218. The third kappa shape index (κ3) is 10.1. The minimum absolute atomic E-state index is 0.125. The zero-order valence-electron chi connectivity index (χ0n) is 10.1. The summed E-state index contributed by atoms with van der Waals surface area (Å²) in [6.07, 6.45) is 3.41. The van der Waals surface area contributed by atoms with Gasteiger partial charge in [0.25, 0.3) is 0 Å². The lowest BCUT2D eigenvalue weighted by Crippen LogP contribution is -2.08. The summed E-state index contributed by atoms with van der Waals surface area (Å²) in [5.41, 5.74) is 0. The summed E-state index contributed by atoms with van der Waals surface area (Å²) in [4.78, 5) is 11.2. The Balaban J connectivity index is 3.34. The van der Waals surface area contributed by atoms with E-state index in [1.807, 2.05) is 0 Å². The summed E-state index contributed by atoms with van der Waals surface area (Å²) >= 11 is -2.00. The molecule has 5 heteroatoms. The molecule has 0 heterocycles. The average Bonchev–Trinajstić information content (AvgIpc) is 2.24. The summed E-state index contributed by atoms with van der Waals surface area (Å²) in [6, 6.07) is 0. The predicted octanol–water partition coefficient (Wildman–Crippen LogP) is 2.02. The van der Waals surface area contributed by atoms with E-state index in [1.54, 1.807) is 0 Å². The van der Waals surface area contributed by atoms with E-state index in [9.17, 15) is 13.6 Å². The molecule has 96 valence electrons. The number of unbranched alkanes of at least 4 members (excludes halogenated alkanes) is 1. The molecule has 4 nitrogen and oxygen atoms in total. The maximum absolute atomic E-state index is 11.2. The first-order chi connectivity index (χ1) is 7.56. The second-order valence-corrected chi connectivity index (χ2v) is 5.00. The third-order valence-corrected chi connectivity index (χ3v) is 3.13. The Labute approximate surface area is 100 Å². The monoisotopic (exact) mass is 249 g/mol. The number of ether oxygens (including phenoxy) is 1. The number of carbonyl (C=O) groups excluding carboxylic acids is 1.